The zero-order chi connectivity index (χ0) is 23.5. The number of aryl methyl sites for hydroxylation is 2. The van der Waals surface area contributed by atoms with Gasteiger partial charge in [0, 0.05) is 19.5 Å². The Morgan fingerprint density at radius 3 is 2.38 bits per heavy atom. The highest BCUT2D eigenvalue weighted by Crippen LogP contribution is 2.31. The predicted molar refractivity (Wildman–Crippen MR) is 128 cm³/mol. The van der Waals surface area contributed by atoms with E-state index in [4.69, 9.17) is 0 Å². The maximum atomic E-state index is 13.1. The quantitative estimate of drug-likeness (QED) is 0.432. The van der Waals surface area contributed by atoms with Crippen molar-refractivity contribution in [3.05, 3.63) is 53.3 Å². The molecule has 0 aliphatic heterocycles. The van der Waals surface area contributed by atoms with Crippen molar-refractivity contribution in [1.82, 2.24) is 9.88 Å². The van der Waals surface area contributed by atoms with Crippen LogP contribution in [0.5, 0.6) is 0 Å². The highest BCUT2D eigenvalue weighted by atomic mass is 32.2. The summed E-state index contributed by atoms with van der Waals surface area (Å²) in [6.45, 7) is 5.21. The summed E-state index contributed by atoms with van der Waals surface area (Å²) in [7, 11) is 0.290. The molecular weight excluding hydrogens is 449 g/mol. The van der Waals surface area contributed by atoms with Gasteiger partial charge in [0.1, 0.15) is 5.82 Å². The lowest BCUT2D eigenvalue weighted by Gasteiger charge is -2.22. The van der Waals surface area contributed by atoms with Crippen LogP contribution in [0, 0.1) is 19.7 Å². The van der Waals surface area contributed by atoms with E-state index in [1.165, 1.54) is 29.0 Å². The summed E-state index contributed by atoms with van der Waals surface area (Å²) in [5, 5.41) is 0.623. The Morgan fingerprint density at radius 2 is 1.72 bits per heavy atom. The Hall–Kier alpha value is -2.36. The molecule has 2 aromatic carbocycles. The summed E-state index contributed by atoms with van der Waals surface area (Å²) in [4.78, 5) is 21.4. The number of hydrogen-bond donors (Lipinski definition) is 0. The molecule has 0 unspecified atom stereocenters. The maximum Gasteiger partial charge on any atom is 0.228 e. The van der Waals surface area contributed by atoms with Crippen LogP contribution in [0.3, 0.4) is 0 Å². The second kappa shape index (κ2) is 10.1. The predicted octanol–water partition coefficient (Wildman–Crippen LogP) is 4.20. The van der Waals surface area contributed by atoms with E-state index in [1.54, 1.807) is 4.90 Å². The lowest BCUT2D eigenvalue weighted by molar-refractivity contribution is -0.118. The van der Waals surface area contributed by atoms with E-state index in [2.05, 4.69) is 11.1 Å². The Balaban J connectivity index is 1.74. The Kier molecular flexibility index (Phi) is 7.63. The standard InChI is InChI=1S/C23H28FN3O3S2/c1-16-14-20-21(15-17(16)2)31-23(25-20)27(12-11-26(3)4)22(28)6-5-13-32(29,30)19-9-7-18(24)8-10-19/h7-10,14-15H,5-6,11-13H2,1-4H3. The number of halogens is 1. The number of aromatic nitrogens is 1. The summed E-state index contributed by atoms with van der Waals surface area (Å²) in [5.74, 6) is -0.824. The summed E-state index contributed by atoms with van der Waals surface area (Å²) in [6, 6.07) is 8.85. The van der Waals surface area contributed by atoms with Crippen molar-refractivity contribution in [2.75, 3.05) is 37.8 Å². The van der Waals surface area contributed by atoms with Crippen LogP contribution in [0.4, 0.5) is 9.52 Å². The molecule has 1 heterocycles. The van der Waals surface area contributed by atoms with Crippen LogP contribution in [0.25, 0.3) is 10.2 Å². The first kappa shape index (κ1) is 24.3. The van der Waals surface area contributed by atoms with E-state index < -0.39 is 15.7 Å². The zero-order valence-electron chi connectivity index (χ0n) is 18.8. The first-order chi connectivity index (χ1) is 15.1. The lowest BCUT2D eigenvalue weighted by Crippen LogP contribution is -2.36. The van der Waals surface area contributed by atoms with Crippen LogP contribution in [0.2, 0.25) is 0 Å². The van der Waals surface area contributed by atoms with Crippen molar-refractivity contribution in [2.45, 2.75) is 31.6 Å². The molecule has 1 amide bonds. The summed E-state index contributed by atoms with van der Waals surface area (Å²) >= 11 is 1.47. The molecule has 0 radical (unpaired) electrons. The number of sulfone groups is 1. The number of anilines is 1. The zero-order valence-corrected chi connectivity index (χ0v) is 20.4. The second-order valence-corrected chi connectivity index (χ2v) is 11.2. The number of hydrogen-bond acceptors (Lipinski definition) is 6. The fraction of sp³-hybridized carbons (Fsp3) is 0.391. The number of thiazole rings is 1. The van der Waals surface area contributed by atoms with Crippen LogP contribution in [0.1, 0.15) is 24.0 Å². The summed E-state index contributed by atoms with van der Waals surface area (Å²) < 4.78 is 39.1. The minimum atomic E-state index is -3.58. The van der Waals surface area contributed by atoms with Gasteiger partial charge in [0.2, 0.25) is 5.91 Å². The summed E-state index contributed by atoms with van der Waals surface area (Å²) in [6.07, 6.45) is 0.266. The van der Waals surface area contributed by atoms with Crippen LogP contribution >= 0.6 is 11.3 Å². The van der Waals surface area contributed by atoms with Crippen LogP contribution in [-0.4, -0.2) is 57.1 Å². The third-order valence-corrected chi connectivity index (χ3v) is 8.13. The fourth-order valence-corrected chi connectivity index (χ4v) is 5.62. The molecule has 0 spiro atoms. The topological polar surface area (TPSA) is 70.6 Å². The third kappa shape index (κ3) is 5.90. The van der Waals surface area contributed by atoms with Crippen LogP contribution < -0.4 is 4.90 Å². The van der Waals surface area contributed by atoms with Gasteiger partial charge in [0.15, 0.2) is 15.0 Å². The molecule has 0 atom stereocenters. The molecule has 0 fully saturated rings. The van der Waals surface area contributed by atoms with Gasteiger partial charge < -0.3 is 4.90 Å². The number of amides is 1. The fourth-order valence-electron chi connectivity index (χ4n) is 3.22. The van der Waals surface area contributed by atoms with Gasteiger partial charge in [0.05, 0.1) is 20.9 Å². The molecule has 0 saturated carbocycles. The van der Waals surface area contributed by atoms with E-state index in [1.807, 2.05) is 38.9 Å². The van der Waals surface area contributed by atoms with Gasteiger partial charge in [-0.15, -0.1) is 0 Å². The number of carbonyl (C=O) groups excluding carboxylic acids is 1. The number of benzene rings is 2. The molecule has 0 aliphatic rings. The molecule has 1 aromatic heterocycles. The highest BCUT2D eigenvalue weighted by Gasteiger charge is 2.22. The third-order valence-electron chi connectivity index (χ3n) is 5.27. The van der Waals surface area contributed by atoms with E-state index in [-0.39, 0.29) is 29.4 Å². The van der Waals surface area contributed by atoms with Crippen molar-refractivity contribution in [3.8, 4) is 0 Å². The molecule has 32 heavy (non-hydrogen) atoms. The number of nitrogens with zero attached hydrogens (tertiary/aromatic N) is 3. The van der Waals surface area contributed by atoms with Gasteiger partial charge in [-0.1, -0.05) is 11.3 Å². The van der Waals surface area contributed by atoms with Crippen molar-refractivity contribution >= 4 is 42.4 Å². The van der Waals surface area contributed by atoms with E-state index >= 15 is 0 Å². The smallest absolute Gasteiger partial charge is 0.228 e. The number of fused-ring (bicyclic) bond motifs is 1. The Bertz CT molecular complexity index is 1170. The van der Waals surface area contributed by atoms with E-state index in [0.29, 0.717) is 18.2 Å². The van der Waals surface area contributed by atoms with Gasteiger partial charge in [-0.25, -0.2) is 17.8 Å². The van der Waals surface area contributed by atoms with E-state index in [0.717, 1.165) is 27.9 Å². The SMILES string of the molecule is Cc1cc2nc(N(CCN(C)C)C(=O)CCCS(=O)(=O)c3ccc(F)cc3)sc2cc1C. The first-order valence-corrected chi connectivity index (χ1v) is 12.8. The average molecular weight is 478 g/mol. The number of likely N-dealkylation sites (N-methyl/N-ethyl adjacent to an activating group) is 1. The molecule has 0 aliphatic carbocycles. The van der Waals surface area contributed by atoms with Gasteiger partial charge in [-0.3, -0.25) is 9.69 Å². The van der Waals surface area contributed by atoms with Gasteiger partial charge in [0.25, 0.3) is 0 Å². The van der Waals surface area contributed by atoms with Crippen molar-refractivity contribution in [1.29, 1.82) is 0 Å². The molecule has 0 bridgehead atoms. The summed E-state index contributed by atoms with van der Waals surface area (Å²) in [5.41, 5.74) is 3.17. The molecule has 9 heteroatoms. The highest BCUT2D eigenvalue weighted by molar-refractivity contribution is 7.91. The molecule has 0 N–H and O–H groups in total. The van der Waals surface area contributed by atoms with E-state index in [9.17, 15) is 17.6 Å². The maximum absolute atomic E-state index is 13.1. The molecule has 3 aromatic rings. The molecular formula is C23H28FN3O3S2. The first-order valence-electron chi connectivity index (χ1n) is 10.4. The molecule has 172 valence electrons. The Morgan fingerprint density at radius 1 is 1.06 bits per heavy atom. The largest absolute Gasteiger partial charge is 0.308 e. The molecule has 6 nitrogen and oxygen atoms in total. The van der Waals surface area contributed by atoms with Crippen molar-refractivity contribution in [3.63, 3.8) is 0 Å². The molecule has 0 saturated heterocycles. The van der Waals surface area contributed by atoms with Gasteiger partial charge in [-0.2, -0.15) is 0 Å². The van der Waals surface area contributed by atoms with Gasteiger partial charge in [-0.05, 0) is 81.9 Å². The molecule has 3 rings (SSSR count). The minimum Gasteiger partial charge on any atom is -0.308 e. The average Bonchev–Trinajstić information content (AvgIpc) is 3.10. The normalized spacial score (nSPS) is 11.9. The second-order valence-electron chi connectivity index (χ2n) is 8.13. The van der Waals surface area contributed by atoms with Crippen LogP contribution in [-0.2, 0) is 14.6 Å². The van der Waals surface area contributed by atoms with Gasteiger partial charge >= 0.3 is 0 Å². The Labute approximate surface area is 192 Å². The van der Waals surface area contributed by atoms with Crippen molar-refractivity contribution in [2.24, 2.45) is 0 Å². The minimum absolute atomic E-state index is 0.0627. The van der Waals surface area contributed by atoms with Crippen molar-refractivity contribution < 1.29 is 17.6 Å². The number of carbonyl (C=O) groups is 1. The van der Waals surface area contributed by atoms with Crippen LogP contribution in [0.15, 0.2) is 41.3 Å². The lowest BCUT2D eigenvalue weighted by atomic mass is 10.1. The monoisotopic (exact) mass is 477 g/mol. The number of rotatable bonds is 9.